The van der Waals surface area contributed by atoms with E-state index in [4.69, 9.17) is 0 Å². The molecule has 0 aromatic carbocycles. The average Bonchev–Trinajstić information content (AvgIpc) is 2.78. The van der Waals surface area contributed by atoms with Crippen molar-refractivity contribution in [3.8, 4) is 0 Å². The topological polar surface area (TPSA) is 42.7 Å². The molecule has 0 fully saturated rings. The molecule has 4 nitrogen and oxygen atoms in total. The molecule has 0 bridgehead atoms. The van der Waals surface area contributed by atoms with Gasteiger partial charge in [-0.3, -0.25) is 9.67 Å². The number of hydrogen-bond acceptors (Lipinski definition) is 3. The van der Waals surface area contributed by atoms with Crippen LogP contribution in [-0.2, 0) is 7.05 Å². The third-order valence-corrected chi connectivity index (χ3v) is 3.13. The molecule has 2 rings (SSSR count). The fourth-order valence-electron chi connectivity index (χ4n) is 2.14. The molecule has 18 heavy (non-hydrogen) atoms. The Morgan fingerprint density at radius 2 is 2.17 bits per heavy atom. The van der Waals surface area contributed by atoms with Crippen molar-refractivity contribution in [2.45, 2.75) is 26.3 Å². The van der Waals surface area contributed by atoms with Gasteiger partial charge in [0.2, 0.25) is 0 Å². The van der Waals surface area contributed by atoms with Crippen molar-refractivity contribution >= 4 is 0 Å². The number of pyridine rings is 1. The van der Waals surface area contributed by atoms with Gasteiger partial charge in [-0.15, -0.1) is 0 Å². The van der Waals surface area contributed by atoms with Crippen molar-refractivity contribution in [3.05, 3.63) is 47.5 Å². The maximum atomic E-state index is 4.26. The molecule has 0 aliphatic rings. The van der Waals surface area contributed by atoms with Gasteiger partial charge in [0, 0.05) is 25.6 Å². The molecule has 0 amide bonds. The van der Waals surface area contributed by atoms with Gasteiger partial charge in [0.15, 0.2) is 0 Å². The highest BCUT2D eigenvalue weighted by molar-refractivity contribution is 5.32. The zero-order valence-corrected chi connectivity index (χ0v) is 11.2. The molecule has 2 heterocycles. The predicted molar refractivity (Wildman–Crippen MR) is 72.3 cm³/mol. The van der Waals surface area contributed by atoms with Gasteiger partial charge >= 0.3 is 0 Å². The summed E-state index contributed by atoms with van der Waals surface area (Å²) in [4.78, 5) is 4.16. The molecule has 0 aliphatic carbocycles. The molecule has 2 aromatic heterocycles. The van der Waals surface area contributed by atoms with Crippen LogP contribution in [0, 0.1) is 6.92 Å². The zero-order valence-electron chi connectivity index (χ0n) is 11.2. The minimum absolute atomic E-state index is 0.181. The second-order valence-corrected chi connectivity index (χ2v) is 4.50. The average molecular weight is 244 g/mol. The first kappa shape index (κ1) is 12.8. The van der Waals surface area contributed by atoms with Crippen LogP contribution >= 0.6 is 0 Å². The van der Waals surface area contributed by atoms with Gasteiger partial charge in [-0.25, -0.2) is 0 Å². The molecule has 96 valence electrons. The summed E-state index contributed by atoms with van der Waals surface area (Å²) in [6, 6.07) is 4.32. The zero-order chi connectivity index (χ0) is 13.0. The first-order valence-corrected chi connectivity index (χ1v) is 6.35. The molecular formula is C14H20N4. The number of hydrogen-bond donors (Lipinski definition) is 1. The van der Waals surface area contributed by atoms with Gasteiger partial charge in [0.25, 0.3) is 0 Å². The lowest BCUT2D eigenvalue weighted by atomic mass is 10.0. The molecule has 0 aliphatic heterocycles. The van der Waals surface area contributed by atoms with Crippen LogP contribution in [0.4, 0.5) is 0 Å². The summed E-state index contributed by atoms with van der Waals surface area (Å²) < 4.78 is 1.92. The Bertz CT molecular complexity index is 504. The smallest absolute Gasteiger partial charge is 0.0751 e. The molecule has 0 saturated carbocycles. The number of nitrogens with zero attached hydrogens (tertiary/aromatic N) is 3. The van der Waals surface area contributed by atoms with Crippen molar-refractivity contribution in [2.75, 3.05) is 6.54 Å². The standard InChI is InChI=1S/C14H20N4/c1-4-7-16-14(13-6-9-17-18(13)3)12-5-8-15-10-11(12)2/h5-6,8-10,14,16H,4,7H2,1-3H3. The molecule has 0 saturated heterocycles. The Morgan fingerprint density at radius 1 is 1.33 bits per heavy atom. The summed E-state index contributed by atoms with van der Waals surface area (Å²) in [6.07, 6.45) is 6.70. The normalized spacial score (nSPS) is 12.6. The van der Waals surface area contributed by atoms with E-state index in [9.17, 15) is 0 Å². The Morgan fingerprint density at radius 3 is 2.78 bits per heavy atom. The third kappa shape index (κ3) is 2.59. The SMILES string of the molecule is CCCNC(c1ccncc1C)c1ccnn1C. The van der Waals surface area contributed by atoms with E-state index in [1.165, 1.54) is 16.8 Å². The minimum Gasteiger partial charge on any atom is -0.305 e. The van der Waals surface area contributed by atoms with E-state index in [-0.39, 0.29) is 6.04 Å². The van der Waals surface area contributed by atoms with E-state index in [0.29, 0.717) is 0 Å². The molecule has 0 radical (unpaired) electrons. The van der Waals surface area contributed by atoms with Crippen LogP contribution < -0.4 is 5.32 Å². The van der Waals surface area contributed by atoms with Crippen LogP contribution in [0.3, 0.4) is 0 Å². The van der Waals surface area contributed by atoms with E-state index in [2.05, 4.69) is 41.4 Å². The van der Waals surface area contributed by atoms with Gasteiger partial charge < -0.3 is 5.32 Å². The number of rotatable bonds is 5. The van der Waals surface area contributed by atoms with E-state index in [0.717, 1.165) is 13.0 Å². The minimum atomic E-state index is 0.181. The molecule has 1 N–H and O–H groups in total. The number of aromatic nitrogens is 3. The molecule has 2 aromatic rings. The van der Waals surface area contributed by atoms with E-state index in [1.54, 1.807) is 0 Å². The van der Waals surface area contributed by atoms with Gasteiger partial charge in [-0.05, 0) is 43.1 Å². The summed E-state index contributed by atoms with van der Waals surface area (Å²) in [5.74, 6) is 0. The summed E-state index contributed by atoms with van der Waals surface area (Å²) in [5.41, 5.74) is 3.65. The van der Waals surface area contributed by atoms with Crippen LogP contribution in [0.15, 0.2) is 30.7 Å². The maximum absolute atomic E-state index is 4.26. The lowest BCUT2D eigenvalue weighted by molar-refractivity contribution is 0.551. The molecule has 4 heteroatoms. The second kappa shape index (κ2) is 5.78. The number of aryl methyl sites for hydroxylation is 2. The maximum Gasteiger partial charge on any atom is 0.0751 e. The summed E-state index contributed by atoms with van der Waals surface area (Å²) in [7, 11) is 1.98. The van der Waals surface area contributed by atoms with Crippen LogP contribution in [0.5, 0.6) is 0 Å². The van der Waals surface area contributed by atoms with Crippen LogP contribution in [-0.4, -0.2) is 21.3 Å². The Balaban J connectivity index is 2.37. The first-order chi connectivity index (χ1) is 8.74. The summed E-state index contributed by atoms with van der Waals surface area (Å²) in [5, 5.41) is 7.84. The van der Waals surface area contributed by atoms with Crippen molar-refractivity contribution in [2.24, 2.45) is 7.05 Å². The van der Waals surface area contributed by atoms with Crippen LogP contribution in [0.25, 0.3) is 0 Å². The lowest BCUT2D eigenvalue weighted by Gasteiger charge is -2.20. The Hall–Kier alpha value is -1.68. The first-order valence-electron chi connectivity index (χ1n) is 6.35. The molecule has 1 unspecified atom stereocenters. The molecular weight excluding hydrogens is 224 g/mol. The fraction of sp³-hybridized carbons (Fsp3) is 0.429. The monoisotopic (exact) mass is 244 g/mol. The Labute approximate surface area is 108 Å². The Kier molecular flexibility index (Phi) is 4.10. The van der Waals surface area contributed by atoms with Gasteiger partial charge in [0.1, 0.15) is 0 Å². The van der Waals surface area contributed by atoms with E-state index < -0.39 is 0 Å². The van der Waals surface area contributed by atoms with Crippen molar-refractivity contribution < 1.29 is 0 Å². The quantitative estimate of drug-likeness (QED) is 0.877. The van der Waals surface area contributed by atoms with Crippen molar-refractivity contribution in [1.29, 1.82) is 0 Å². The fourth-order valence-corrected chi connectivity index (χ4v) is 2.14. The van der Waals surface area contributed by atoms with Crippen LogP contribution in [0.1, 0.15) is 36.2 Å². The molecule has 0 spiro atoms. The van der Waals surface area contributed by atoms with Crippen molar-refractivity contribution in [1.82, 2.24) is 20.1 Å². The highest BCUT2D eigenvalue weighted by atomic mass is 15.3. The summed E-state index contributed by atoms with van der Waals surface area (Å²) in [6.45, 7) is 5.25. The van der Waals surface area contributed by atoms with Crippen molar-refractivity contribution in [3.63, 3.8) is 0 Å². The lowest BCUT2D eigenvalue weighted by Crippen LogP contribution is -2.26. The highest BCUT2D eigenvalue weighted by Gasteiger charge is 2.18. The largest absolute Gasteiger partial charge is 0.305 e. The highest BCUT2D eigenvalue weighted by Crippen LogP contribution is 2.23. The van der Waals surface area contributed by atoms with Crippen LogP contribution in [0.2, 0.25) is 0 Å². The van der Waals surface area contributed by atoms with Gasteiger partial charge in [-0.1, -0.05) is 6.92 Å². The predicted octanol–water partition coefficient (Wildman–Crippen LogP) is 2.21. The van der Waals surface area contributed by atoms with E-state index in [1.807, 2.05) is 30.3 Å². The van der Waals surface area contributed by atoms with Gasteiger partial charge in [0.05, 0.1) is 11.7 Å². The summed E-state index contributed by atoms with van der Waals surface area (Å²) >= 11 is 0. The number of nitrogens with one attached hydrogen (secondary N) is 1. The van der Waals surface area contributed by atoms with E-state index >= 15 is 0 Å². The molecule has 1 atom stereocenters. The second-order valence-electron chi connectivity index (χ2n) is 4.50. The van der Waals surface area contributed by atoms with Gasteiger partial charge in [-0.2, -0.15) is 5.10 Å². The third-order valence-electron chi connectivity index (χ3n) is 3.13.